The van der Waals surface area contributed by atoms with Crippen LogP contribution in [0.3, 0.4) is 0 Å². The summed E-state index contributed by atoms with van der Waals surface area (Å²) >= 11 is 5.91. The lowest BCUT2D eigenvalue weighted by Crippen LogP contribution is -2.40. The van der Waals surface area contributed by atoms with E-state index in [4.69, 9.17) is 17.0 Å². The quantitative estimate of drug-likeness (QED) is 0.562. The Hall–Kier alpha value is -2.86. The van der Waals surface area contributed by atoms with E-state index < -0.39 is 0 Å². The first-order chi connectivity index (χ1) is 15.3. The van der Waals surface area contributed by atoms with Crippen LogP contribution in [0.5, 0.6) is 5.75 Å². The molecular formula is C25H28N4OS. The molecule has 2 aromatic heterocycles. The molecule has 2 aliphatic rings. The fraction of sp³-hybridized carbons (Fsp3) is 0.360. The van der Waals surface area contributed by atoms with Crippen LogP contribution in [0.1, 0.15) is 55.6 Å². The van der Waals surface area contributed by atoms with Crippen LogP contribution in [0.4, 0.5) is 0 Å². The molecule has 5 rings (SSSR count). The Morgan fingerprint density at radius 3 is 2.58 bits per heavy atom. The van der Waals surface area contributed by atoms with E-state index in [1.54, 1.807) is 7.11 Å². The fourth-order valence-electron chi connectivity index (χ4n) is 5.12. The monoisotopic (exact) mass is 432 g/mol. The van der Waals surface area contributed by atoms with Crippen molar-refractivity contribution in [2.45, 2.75) is 50.2 Å². The summed E-state index contributed by atoms with van der Waals surface area (Å²) in [6.07, 6.45) is 10.2. The second-order valence-corrected chi connectivity index (χ2v) is 8.69. The van der Waals surface area contributed by atoms with Gasteiger partial charge in [0.15, 0.2) is 5.11 Å². The van der Waals surface area contributed by atoms with Gasteiger partial charge in [0.2, 0.25) is 0 Å². The molecule has 1 saturated heterocycles. The fourth-order valence-corrected chi connectivity index (χ4v) is 5.51. The Labute approximate surface area is 189 Å². The van der Waals surface area contributed by atoms with Gasteiger partial charge in [-0.1, -0.05) is 37.5 Å². The van der Waals surface area contributed by atoms with Crippen molar-refractivity contribution < 1.29 is 4.74 Å². The molecule has 3 aromatic rings. The Kier molecular flexibility index (Phi) is 5.64. The maximum Gasteiger partial charge on any atom is 0.170 e. The van der Waals surface area contributed by atoms with E-state index in [2.05, 4.69) is 50.2 Å². The third-order valence-electron chi connectivity index (χ3n) is 6.53. The number of hydrogen-bond donors (Lipinski definition) is 1. The van der Waals surface area contributed by atoms with Crippen molar-refractivity contribution in [2.75, 3.05) is 7.11 Å². The normalized spacial score (nSPS) is 21.8. The number of aromatic nitrogens is 2. The number of nitrogens with zero attached hydrogens (tertiary/aromatic N) is 3. The molecule has 3 heterocycles. The first-order valence-corrected chi connectivity index (χ1v) is 11.5. The zero-order valence-corrected chi connectivity index (χ0v) is 18.6. The zero-order valence-electron chi connectivity index (χ0n) is 17.8. The molecule has 0 bridgehead atoms. The van der Waals surface area contributed by atoms with Gasteiger partial charge in [-0.15, -0.1) is 0 Å². The summed E-state index contributed by atoms with van der Waals surface area (Å²) in [5, 5.41) is 4.45. The molecule has 2 fully saturated rings. The molecule has 2 unspecified atom stereocenters. The number of hydrogen-bond acceptors (Lipinski definition) is 3. The minimum absolute atomic E-state index is 0.000941. The number of ether oxygens (including phenoxy) is 1. The number of benzene rings is 1. The summed E-state index contributed by atoms with van der Waals surface area (Å²) in [6.45, 7) is 0. The van der Waals surface area contributed by atoms with Gasteiger partial charge in [-0.25, -0.2) is 0 Å². The van der Waals surface area contributed by atoms with E-state index >= 15 is 0 Å². The summed E-state index contributed by atoms with van der Waals surface area (Å²) in [5.41, 5.74) is 3.24. The van der Waals surface area contributed by atoms with Crippen molar-refractivity contribution in [3.8, 4) is 11.4 Å². The molecule has 31 heavy (non-hydrogen) atoms. The number of methoxy groups -OCH3 is 1. The highest BCUT2D eigenvalue weighted by atomic mass is 32.1. The minimum Gasteiger partial charge on any atom is -0.495 e. The molecule has 1 N–H and O–H groups in total. The van der Waals surface area contributed by atoms with Gasteiger partial charge in [0, 0.05) is 24.1 Å². The average molecular weight is 433 g/mol. The van der Waals surface area contributed by atoms with Crippen LogP contribution < -0.4 is 10.1 Å². The average Bonchev–Trinajstić information content (AvgIpc) is 3.44. The number of thiocarbonyl (C=S) groups is 1. The van der Waals surface area contributed by atoms with Crippen molar-refractivity contribution in [1.29, 1.82) is 0 Å². The number of nitrogens with one attached hydrogen (secondary N) is 1. The highest BCUT2D eigenvalue weighted by molar-refractivity contribution is 7.80. The molecular weight excluding hydrogens is 404 g/mol. The van der Waals surface area contributed by atoms with Crippen molar-refractivity contribution in [2.24, 2.45) is 0 Å². The van der Waals surface area contributed by atoms with Gasteiger partial charge in [0.1, 0.15) is 5.75 Å². The molecule has 160 valence electrons. The Morgan fingerprint density at radius 2 is 1.81 bits per heavy atom. The molecule has 0 amide bonds. The van der Waals surface area contributed by atoms with Gasteiger partial charge in [-0.2, -0.15) is 0 Å². The molecule has 1 aliphatic heterocycles. The SMILES string of the molecule is COc1ccccc1-n1cccc1C1C(c2ccccn2)NC(=S)N1C1CCCCC1. The summed E-state index contributed by atoms with van der Waals surface area (Å²) in [6, 6.07) is 19.1. The maximum atomic E-state index is 5.91. The Morgan fingerprint density at radius 1 is 1.00 bits per heavy atom. The van der Waals surface area contributed by atoms with Crippen molar-refractivity contribution in [1.82, 2.24) is 19.8 Å². The topological polar surface area (TPSA) is 42.3 Å². The largest absolute Gasteiger partial charge is 0.495 e. The molecule has 0 radical (unpaired) electrons. The van der Waals surface area contributed by atoms with Crippen LogP contribution in [-0.2, 0) is 0 Å². The number of para-hydroxylation sites is 2. The number of rotatable bonds is 5. The van der Waals surface area contributed by atoms with Crippen molar-refractivity contribution >= 4 is 17.3 Å². The lowest BCUT2D eigenvalue weighted by atomic mass is 9.92. The third kappa shape index (κ3) is 3.69. The van der Waals surface area contributed by atoms with Crippen LogP contribution in [0.25, 0.3) is 5.69 Å². The second kappa shape index (κ2) is 8.71. The molecule has 6 heteroatoms. The summed E-state index contributed by atoms with van der Waals surface area (Å²) in [4.78, 5) is 7.14. The highest BCUT2D eigenvalue weighted by Crippen LogP contribution is 2.43. The zero-order chi connectivity index (χ0) is 21.2. The van der Waals surface area contributed by atoms with E-state index in [0.29, 0.717) is 6.04 Å². The van der Waals surface area contributed by atoms with Crippen molar-refractivity contribution in [3.63, 3.8) is 0 Å². The molecule has 1 saturated carbocycles. The maximum absolute atomic E-state index is 5.91. The molecule has 0 spiro atoms. The van der Waals surface area contributed by atoms with E-state index in [1.165, 1.54) is 37.8 Å². The van der Waals surface area contributed by atoms with Crippen LogP contribution in [0.15, 0.2) is 67.0 Å². The first kappa shape index (κ1) is 20.1. The van der Waals surface area contributed by atoms with Crippen molar-refractivity contribution in [3.05, 3.63) is 78.4 Å². The summed E-state index contributed by atoms with van der Waals surface area (Å²) in [5.74, 6) is 0.854. The van der Waals surface area contributed by atoms with Crippen LogP contribution in [0.2, 0.25) is 0 Å². The second-order valence-electron chi connectivity index (χ2n) is 8.30. The predicted molar refractivity (Wildman–Crippen MR) is 126 cm³/mol. The highest BCUT2D eigenvalue weighted by Gasteiger charge is 2.44. The standard InChI is InChI=1S/C25H28N4OS/c1-30-22-15-6-5-13-20(22)28-17-9-14-21(28)24-23(19-12-7-8-16-26-19)27-25(31)29(24)18-10-3-2-4-11-18/h5-9,12-18,23-24H,2-4,10-11H2,1H3,(H,27,31). The Bertz CT molecular complexity index is 1040. The van der Waals surface area contributed by atoms with Crippen LogP contribution in [0, 0.1) is 0 Å². The van der Waals surface area contributed by atoms with Gasteiger partial charge >= 0.3 is 0 Å². The molecule has 5 nitrogen and oxygen atoms in total. The predicted octanol–water partition coefficient (Wildman–Crippen LogP) is 5.19. The van der Waals surface area contributed by atoms with Gasteiger partial charge in [0.05, 0.1) is 30.6 Å². The summed E-state index contributed by atoms with van der Waals surface area (Å²) in [7, 11) is 1.72. The van der Waals surface area contributed by atoms with E-state index in [-0.39, 0.29) is 12.1 Å². The number of pyridine rings is 1. The third-order valence-corrected chi connectivity index (χ3v) is 6.86. The molecule has 1 aromatic carbocycles. The molecule has 1 aliphatic carbocycles. The van der Waals surface area contributed by atoms with Gasteiger partial charge in [-0.05, 0) is 61.5 Å². The van der Waals surface area contributed by atoms with E-state index in [0.717, 1.165) is 22.2 Å². The first-order valence-electron chi connectivity index (χ1n) is 11.1. The smallest absolute Gasteiger partial charge is 0.170 e. The lowest BCUT2D eigenvalue weighted by molar-refractivity contribution is 0.193. The lowest BCUT2D eigenvalue weighted by Gasteiger charge is -2.37. The van der Waals surface area contributed by atoms with Gasteiger partial charge in [0.25, 0.3) is 0 Å². The van der Waals surface area contributed by atoms with Crippen LogP contribution in [-0.4, -0.2) is 32.7 Å². The molecule has 2 atom stereocenters. The van der Waals surface area contributed by atoms with Gasteiger partial charge < -0.3 is 19.5 Å². The minimum atomic E-state index is -0.000941. The Balaban J connectivity index is 1.62. The van der Waals surface area contributed by atoms with Gasteiger partial charge in [-0.3, -0.25) is 4.98 Å². The van der Waals surface area contributed by atoms with E-state index in [9.17, 15) is 0 Å². The van der Waals surface area contributed by atoms with Crippen LogP contribution >= 0.6 is 12.2 Å². The summed E-state index contributed by atoms with van der Waals surface area (Å²) < 4.78 is 7.92. The van der Waals surface area contributed by atoms with E-state index in [1.807, 2.05) is 36.5 Å².